The van der Waals surface area contributed by atoms with Crippen LogP contribution < -0.4 is 16.0 Å². The Bertz CT molecular complexity index is 457. The first-order valence-electron chi connectivity index (χ1n) is 7.02. The van der Waals surface area contributed by atoms with Gasteiger partial charge in [0.1, 0.15) is 5.82 Å². The van der Waals surface area contributed by atoms with E-state index in [0.29, 0.717) is 18.2 Å². The maximum absolute atomic E-state index is 9.46. The van der Waals surface area contributed by atoms with E-state index in [1.165, 1.54) is 0 Å². The molecule has 0 spiro atoms. The zero-order valence-electron chi connectivity index (χ0n) is 12.1. The van der Waals surface area contributed by atoms with Gasteiger partial charge in [0.05, 0.1) is 30.4 Å². The van der Waals surface area contributed by atoms with Gasteiger partial charge in [0.2, 0.25) is 0 Å². The minimum absolute atomic E-state index is 0.189. The molecule has 7 nitrogen and oxygen atoms in total. The molecule has 2 rings (SSSR count). The molecule has 1 fully saturated rings. The number of aliphatic hydroxyl groups is 2. The summed E-state index contributed by atoms with van der Waals surface area (Å²) in [6.45, 7) is 7.36. The van der Waals surface area contributed by atoms with Crippen LogP contribution in [0.1, 0.15) is 0 Å². The van der Waals surface area contributed by atoms with Crippen molar-refractivity contribution in [2.75, 3.05) is 49.5 Å². The number of anilines is 2. The van der Waals surface area contributed by atoms with Gasteiger partial charge in [-0.3, -0.25) is 4.90 Å². The van der Waals surface area contributed by atoms with E-state index < -0.39 is 6.10 Å². The molecule has 0 saturated carbocycles. The first kappa shape index (κ1) is 15.6. The Morgan fingerprint density at radius 1 is 1.38 bits per heavy atom. The summed E-state index contributed by atoms with van der Waals surface area (Å²) in [5.41, 5.74) is 6.53. The quantitative estimate of drug-likeness (QED) is 0.556. The number of nitrogens with one attached hydrogen (secondary N) is 1. The number of rotatable bonds is 6. The van der Waals surface area contributed by atoms with E-state index in [1.54, 1.807) is 0 Å². The molecule has 0 amide bonds. The van der Waals surface area contributed by atoms with Gasteiger partial charge in [-0.05, 0) is 12.1 Å². The predicted octanol–water partition coefficient (Wildman–Crippen LogP) is -0.601. The van der Waals surface area contributed by atoms with Gasteiger partial charge < -0.3 is 26.2 Å². The van der Waals surface area contributed by atoms with Crippen molar-refractivity contribution < 1.29 is 10.2 Å². The van der Waals surface area contributed by atoms with Crippen molar-refractivity contribution in [3.05, 3.63) is 30.7 Å². The first-order chi connectivity index (χ1) is 10.1. The third-order valence-electron chi connectivity index (χ3n) is 3.45. The number of nitrogens with two attached hydrogens (primary N) is 1. The lowest BCUT2D eigenvalue weighted by Crippen LogP contribution is -2.49. The summed E-state index contributed by atoms with van der Waals surface area (Å²) < 4.78 is 0. The lowest BCUT2D eigenvalue weighted by atomic mass is 10.2. The Kier molecular flexibility index (Phi) is 5.38. The van der Waals surface area contributed by atoms with Gasteiger partial charge in [-0.1, -0.05) is 6.58 Å². The number of hydrogen-bond acceptors (Lipinski definition) is 7. The third-order valence-corrected chi connectivity index (χ3v) is 3.45. The van der Waals surface area contributed by atoms with Gasteiger partial charge in [0, 0.05) is 32.7 Å². The van der Waals surface area contributed by atoms with Crippen LogP contribution in [0.3, 0.4) is 0 Å². The van der Waals surface area contributed by atoms with E-state index in [0.717, 1.165) is 31.9 Å². The van der Waals surface area contributed by atoms with Crippen molar-refractivity contribution in [1.29, 1.82) is 0 Å². The number of aliphatic hydroxyl groups excluding tert-OH is 2. The average molecular weight is 293 g/mol. The lowest BCUT2D eigenvalue weighted by Gasteiger charge is -2.36. The molecule has 1 unspecified atom stereocenters. The SMILES string of the molecule is C=C(N)Nc1ccc(N2CCN(CC(O)CO)CC2)cn1. The molecule has 1 aromatic rings. The fourth-order valence-corrected chi connectivity index (χ4v) is 2.36. The van der Waals surface area contributed by atoms with Crippen LogP contribution in [0.25, 0.3) is 0 Å². The fourth-order valence-electron chi connectivity index (χ4n) is 2.36. The van der Waals surface area contributed by atoms with Crippen molar-refractivity contribution in [3.8, 4) is 0 Å². The van der Waals surface area contributed by atoms with Crippen molar-refractivity contribution in [2.45, 2.75) is 6.10 Å². The molecule has 0 bridgehead atoms. The largest absolute Gasteiger partial charge is 0.394 e. The van der Waals surface area contributed by atoms with E-state index >= 15 is 0 Å². The Labute approximate surface area is 124 Å². The molecule has 0 aliphatic carbocycles. The summed E-state index contributed by atoms with van der Waals surface area (Å²) in [6.07, 6.45) is 1.15. The van der Waals surface area contributed by atoms with Crippen LogP contribution in [-0.2, 0) is 0 Å². The van der Waals surface area contributed by atoms with Crippen LogP contribution in [-0.4, -0.2) is 65.5 Å². The number of hydrogen-bond donors (Lipinski definition) is 4. The Balaban J connectivity index is 1.85. The second kappa shape index (κ2) is 7.26. The molecule has 5 N–H and O–H groups in total. The molecule has 1 atom stereocenters. The molecule has 2 heterocycles. The van der Waals surface area contributed by atoms with Gasteiger partial charge in [-0.2, -0.15) is 0 Å². The summed E-state index contributed by atoms with van der Waals surface area (Å²) in [5.74, 6) is 1.04. The average Bonchev–Trinajstić information content (AvgIpc) is 2.48. The Morgan fingerprint density at radius 2 is 2.10 bits per heavy atom. The summed E-state index contributed by atoms with van der Waals surface area (Å²) in [4.78, 5) is 8.69. The second-order valence-electron chi connectivity index (χ2n) is 5.18. The molecule has 1 saturated heterocycles. The number of piperazine rings is 1. The molecule has 1 aliphatic rings. The van der Waals surface area contributed by atoms with Gasteiger partial charge in [-0.15, -0.1) is 0 Å². The minimum atomic E-state index is -0.659. The van der Waals surface area contributed by atoms with Gasteiger partial charge >= 0.3 is 0 Å². The van der Waals surface area contributed by atoms with Crippen molar-refractivity contribution in [3.63, 3.8) is 0 Å². The van der Waals surface area contributed by atoms with E-state index in [2.05, 4.69) is 26.7 Å². The number of β-amino-alcohol motifs (C(OH)–C–C–N with tert-alkyl or cyclic N) is 1. The highest BCUT2D eigenvalue weighted by Crippen LogP contribution is 2.17. The maximum atomic E-state index is 9.46. The highest BCUT2D eigenvalue weighted by Gasteiger charge is 2.19. The summed E-state index contributed by atoms with van der Waals surface area (Å²) in [6, 6.07) is 3.87. The standard InChI is InChI=1S/C14H23N5O2/c1-11(15)17-14-3-2-12(8-16-14)19-6-4-18(5-7-19)9-13(21)10-20/h2-3,8,13,20-21H,1,4-7,9-10,15H2,(H,16,17). The molecule has 0 radical (unpaired) electrons. The minimum Gasteiger partial charge on any atom is -0.394 e. The maximum Gasteiger partial charge on any atom is 0.131 e. The zero-order chi connectivity index (χ0) is 15.2. The first-order valence-corrected chi connectivity index (χ1v) is 7.02. The van der Waals surface area contributed by atoms with Crippen LogP contribution in [0.2, 0.25) is 0 Å². The second-order valence-corrected chi connectivity index (χ2v) is 5.18. The number of nitrogens with zero attached hydrogens (tertiary/aromatic N) is 3. The predicted molar refractivity (Wildman–Crippen MR) is 82.9 cm³/mol. The normalized spacial score (nSPS) is 17.5. The van der Waals surface area contributed by atoms with E-state index in [-0.39, 0.29) is 6.61 Å². The van der Waals surface area contributed by atoms with Crippen LogP contribution in [0.15, 0.2) is 30.7 Å². The van der Waals surface area contributed by atoms with Crippen molar-refractivity contribution in [2.24, 2.45) is 5.73 Å². The number of pyridine rings is 1. The Hall–Kier alpha value is -1.83. The van der Waals surface area contributed by atoms with E-state index in [4.69, 9.17) is 10.8 Å². The highest BCUT2D eigenvalue weighted by atomic mass is 16.3. The fraction of sp³-hybridized carbons (Fsp3) is 0.500. The molecule has 1 aromatic heterocycles. The van der Waals surface area contributed by atoms with Crippen LogP contribution >= 0.6 is 0 Å². The lowest BCUT2D eigenvalue weighted by molar-refractivity contribution is 0.0575. The summed E-state index contributed by atoms with van der Waals surface area (Å²) >= 11 is 0. The molecule has 21 heavy (non-hydrogen) atoms. The topological polar surface area (TPSA) is 97.9 Å². The highest BCUT2D eigenvalue weighted by molar-refractivity contribution is 5.51. The number of aromatic nitrogens is 1. The molecule has 0 aromatic carbocycles. The van der Waals surface area contributed by atoms with Crippen LogP contribution in [0, 0.1) is 0 Å². The van der Waals surface area contributed by atoms with E-state index in [1.807, 2.05) is 18.3 Å². The van der Waals surface area contributed by atoms with Gasteiger partial charge in [-0.25, -0.2) is 4.98 Å². The summed E-state index contributed by atoms with van der Waals surface area (Å²) in [5, 5.41) is 21.2. The van der Waals surface area contributed by atoms with Gasteiger partial charge in [0.25, 0.3) is 0 Å². The van der Waals surface area contributed by atoms with Gasteiger partial charge in [0.15, 0.2) is 0 Å². The van der Waals surface area contributed by atoms with E-state index in [9.17, 15) is 5.11 Å². The molecule has 1 aliphatic heterocycles. The summed E-state index contributed by atoms with van der Waals surface area (Å²) in [7, 11) is 0. The molecular formula is C14H23N5O2. The molecule has 116 valence electrons. The Morgan fingerprint density at radius 3 is 2.62 bits per heavy atom. The monoisotopic (exact) mass is 293 g/mol. The van der Waals surface area contributed by atoms with Crippen molar-refractivity contribution in [1.82, 2.24) is 9.88 Å². The molecular weight excluding hydrogens is 270 g/mol. The zero-order valence-corrected chi connectivity index (χ0v) is 12.1. The van der Waals surface area contributed by atoms with Crippen LogP contribution in [0.5, 0.6) is 0 Å². The smallest absolute Gasteiger partial charge is 0.131 e. The molecule has 7 heteroatoms. The van der Waals surface area contributed by atoms with Crippen LogP contribution in [0.4, 0.5) is 11.5 Å². The van der Waals surface area contributed by atoms with Crippen molar-refractivity contribution >= 4 is 11.5 Å². The third kappa shape index (κ3) is 4.59.